The summed E-state index contributed by atoms with van der Waals surface area (Å²) in [6.45, 7) is 2.19. The van der Waals surface area contributed by atoms with Crippen LogP contribution < -0.4 is 10.5 Å². The van der Waals surface area contributed by atoms with Crippen molar-refractivity contribution in [1.29, 1.82) is 10.5 Å². The molecule has 0 heterocycles. The van der Waals surface area contributed by atoms with Gasteiger partial charge in [0.05, 0.1) is 38.4 Å². The van der Waals surface area contributed by atoms with Crippen molar-refractivity contribution in [3.05, 3.63) is 29.8 Å². The Kier molecular flexibility index (Phi) is 5.81. The highest BCUT2D eigenvalue weighted by molar-refractivity contribution is 5.31. The Balaban J connectivity index is 3.11. The summed E-state index contributed by atoms with van der Waals surface area (Å²) in [6.07, 6.45) is 0. The second-order valence-corrected chi connectivity index (χ2v) is 4.30. The van der Waals surface area contributed by atoms with Crippen LogP contribution in [0.5, 0.6) is 5.75 Å². The molecule has 0 saturated heterocycles. The predicted molar refractivity (Wildman–Crippen MR) is 72.2 cm³/mol. The third-order valence-corrected chi connectivity index (χ3v) is 2.87. The number of benzene rings is 1. The van der Waals surface area contributed by atoms with Gasteiger partial charge in [0.2, 0.25) is 0 Å². The van der Waals surface area contributed by atoms with Crippen LogP contribution in [0.1, 0.15) is 18.5 Å². The van der Waals surface area contributed by atoms with E-state index in [0.717, 1.165) is 11.3 Å². The number of nitrogens with two attached hydrogens (primary N) is 1. The van der Waals surface area contributed by atoms with Crippen LogP contribution in [-0.2, 0) is 0 Å². The molecule has 2 atom stereocenters. The molecule has 0 amide bonds. The number of methoxy groups -OCH3 is 1. The first-order chi connectivity index (χ1) is 9.13. The van der Waals surface area contributed by atoms with Crippen LogP contribution in [0.3, 0.4) is 0 Å². The van der Waals surface area contributed by atoms with Crippen LogP contribution in [0.25, 0.3) is 0 Å². The highest BCUT2D eigenvalue weighted by Crippen LogP contribution is 2.26. The van der Waals surface area contributed by atoms with E-state index in [-0.39, 0.29) is 25.2 Å². The zero-order chi connectivity index (χ0) is 14.3. The van der Waals surface area contributed by atoms with Gasteiger partial charge in [0.1, 0.15) is 5.75 Å². The fourth-order valence-corrected chi connectivity index (χ4v) is 2.11. The lowest BCUT2D eigenvalue weighted by Crippen LogP contribution is -2.40. The monoisotopic (exact) mass is 258 g/mol. The average Bonchev–Trinajstić information content (AvgIpc) is 2.39. The van der Waals surface area contributed by atoms with Crippen molar-refractivity contribution >= 4 is 0 Å². The molecule has 0 aliphatic rings. The van der Waals surface area contributed by atoms with E-state index in [4.69, 9.17) is 21.0 Å². The molecule has 0 aliphatic heterocycles. The second-order valence-electron chi connectivity index (χ2n) is 4.30. The summed E-state index contributed by atoms with van der Waals surface area (Å²) in [5, 5.41) is 17.8. The molecular weight excluding hydrogens is 240 g/mol. The Hall–Kier alpha value is -2.08. The lowest BCUT2D eigenvalue weighted by atomic mass is 9.99. The first kappa shape index (κ1) is 15.0. The van der Waals surface area contributed by atoms with Crippen LogP contribution in [0.4, 0.5) is 0 Å². The van der Waals surface area contributed by atoms with Crippen LogP contribution in [0, 0.1) is 22.7 Å². The molecule has 1 aromatic rings. The van der Waals surface area contributed by atoms with Crippen molar-refractivity contribution in [1.82, 2.24) is 4.90 Å². The van der Waals surface area contributed by atoms with E-state index in [1.165, 1.54) is 0 Å². The quantitative estimate of drug-likeness (QED) is 0.780. The lowest BCUT2D eigenvalue weighted by Gasteiger charge is -2.31. The summed E-state index contributed by atoms with van der Waals surface area (Å²) in [7, 11) is 1.60. The number of ether oxygens (including phenoxy) is 1. The van der Waals surface area contributed by atoms with Gasteiger partial charge in [0.25, 0.3) is 0 Å². The van der Waals surface area contributed by atoms with Gasteiger partial charge in [-0.3, -0.25) is 4.90 Å². The van der Waals surface area contributed by atoms with Crippen LogP contribution in [0.2, 0.25) is 0 Å². The SMILES string of the molecule is COc1cccc(C(C(C)N)N(CC#N)CC#N)c1. The molecule has 1 rings (SSSR count). The van der Waals surface area contributed by atoms with Gasteiger partial charge in [0, 0.05) is 6.04 Å². The minimum atomic E-state index is -0.200. The highest BCUT2D eigenvalue weighted by Gasteiger charge is 2.24. The van der Waals surface area contributed by atoms with E-state index < -0.39 is 0 Å². The van der Waals surface area contributed by atoms with E-state index in [2.05, 4.69) is 12.1 Å². The first-order valence-electron chi connectivity index (χ1n) is 6.01. The largest absolute Gasteiger partial charge is 0.497 e. The third-order valence-electron chi connectivity index (χ3n) is 2.87. The third kappa shape index (κ3) is 3.96. The Morgan fingerprint density at radius 2 is 1.95 bits per heavy atom. The molecule has 0 aliphatic carbocycles. The molecule has 100 valence electrons. The number of hydrogen-bond acceptors (Lipinski definition) is 5. The van der Waals surface area contributed by atoms with Gasteiger partial charge in [-0.2, -0.15) is 10.5 Å². The number of hydrogen-bond donors (Lipinski definition) is 1. The van der Waals surface area contributed by atoms with E-state index >= 15 is 0 Å². The second kappa shape index (κ2) is 7.38. The molecule has 2 N–H and O–H groups in total. The summed E-state index contributed by atoms with van der Waals surface area (Å²) in [6, 6.07) is 11.3. The molecule has 19 heavy (non-hydrogen) atoms. The molecule has 1 aromatic carbocycles. The number of nitrogens with zero attached hydrogens (tertiary/aromatic N) is 3. The number of nitriles is 2. The Bertz CT molecular complexity index is 471. The first-order valence-corrected chi connectivity index (χ1v) is 6.01. The standard InChI is InChI=1S/C14H18N4O/c1-11(17)14(18(8-6-15)9-7-16)12-4-3-5-13(10-12)19-2/h3-5,10-11,14H,8-9,17H2,1-2H3. The topological polar surface area (TPSA) is 86.1 Å². The van der Waals surface area contributed by atoms with Crippen LogP contribution >= 0.6 is 0 Å². The molecular formula is C14H18N4O. The van der Waals surface area contributed by atoms with E-state index in [1.54, 1.807) is 12.0 Å². The van der Waals surface area contributed by atoms with Gasteiger partial charge in [-0.25, -0.2) is 0 Å². The van der Waals surface area contributed by atoms with Gasteiger partial charge in [-0.15, -0.1) is 0 Å². The van der Waals surface area contributed by atoms with Crippen molar-refractivity contribution in [3.63, 3.8) is 0 Å². The summed E-state index contributed by atoms with van der Waals surface area (Å²) in [4.78, 5) is 1.76. The number of rotatable bonds is 6. The molecule has 5 heteroatoms. The van der Waals surface area contributed by atoms with Crippen molar-refractivity contribution in [2.75, 3.05) is 20.2 Å². The molecule has 5 nitrogen and oxygen atoms in total. The Morgan fingerprint density at radius 1 is 1.32 bits per heavy atom. The van der Waals surface area contributed by atoms with E-state index in [9.17, 15) is 0 Å². The lowest BCUT2D eigenvalue weighted by molar-refractivity contribution is 0.221. The minimum absolute atomic E-state index is 0.164. The van der Waals surface area contributed by atoms with Gasteiger partial charge >= 0.3 is 0 Å². The predicted octanol–water partition coefficient (Wildman–Crippen LogP) is 1.43. The summed E-state index contributed by atoms with van der Waals surface area (Å²) in [5.74, 6) is 0.733. The Labute approximate surface area is 113 Å². The summed E-state index contributed by atoms with van der Waals surface area (Å²) >= 11 is 0. The zero-order valence-corrected chi connectivity index (χ0v) is 11.2. The maximum atomic E-state index is 8.88. The van der Waals surface area contributed by atoms with Crippen molar-refractivity contribution in [3.8, 4) is 17.9 Å². The molecule has 0 spiro atoms. The van der Waals surface area contributed by atoms with Gasteiger partial charge in [0.15, 0.2) is 0 Å². The molecule has 0 aromatic heterocycles. The molecule has 2 unspecified atom stereocenters. The van der Waals surface area contributed by atoms with Crippen molar-refractivity contribution in [2.24, 2.45) is 5.73 Å². The summed E-state index contributed by atoms with van der Waals surface area (Å²) < 4.78 is 5.20. The smallest absolute Gasteiger partial charge is 0.119 e. The zero-order valence-electron chi connectivity index (χ0n) is 11.2. The average molecular weight is 258 g/mol. The maximum absolute atomic E-state index is 8.88. The minimum Gasteiger partial charge on any atom is -0.497 e. The molecule has 0 bridgehead atoms. The molecule has 0 saturated carbocycles. The van der Waals surface area contributed by atoms with Crippen LogP contribution in [0.15, 0.2) is 24.3 Å². The van der Waals surface area contributed by atoms with Gasteiger partial charge < -0.3 is 10.5 Å². The van der Waals surface area contributed by atoms with E-state index in [1.807, 2.05) is 31.2 Å². The Morgan fingerprint density at radius 3 is 2.42 bits per heavy atom. The van der Waals surface area contributed by atoms with E-state index in [0.29, 0.717) is 0 Å². The fraction of sp³-hybridized carbons (Fsp3) is 0.429. The van der Waals surface area contributed by atoms with Gasteiger partial charge in [-0.1, -0.05) is 12.1 Å². The summed E-state index contributed by atoms with van der Waals surface area (Å²) in [5.41, 5.74) is 6.96. The van der Waals surface area contributed by atoms with Crippen LogP contribution in [-0.4, -0.2) is 31.1 Å². The van der Waals surface area contributed by atoms with Crippen molar-refractivity contribution in [2.45, 2.75) is 19.0 Å². The highest BCUT2D eigenvalue weighted by atomic mass is 16.5. The fourth-order valence-electron chi connectivity index (χ4n) is 2.11. The van der Waals surface area contributed by atoms with Crippen molar-refractivity contribution < 1.29 is 4.74 Å². The normalized spacial score (nSPS) is 13.4. The molecule has 0 radical (unpaired) electrons. The molecule has 0 fully saturated rings. The maximum Gasteiger partial charge on any atom is 0.119 e. The van der Waals surface area contributed by atoms with Gasteiger partial charge in [-0.05, 0) is 24.6 Å².